The normalized spacial score (nSPS) is 14.0. The van der Waals surface area contributed by atoms with Gasteiger partial charge in [0.15, 0.2) is 5.76 Å². The van der Waals surface area contributed by atoms with Gasteiger partial charge in [-0.1, -0.05) is 104 Å². The molecule has 0 saturated heterocycles. The van der Waals surface area contributed by atoms with Gasteiger partial charge in [0.25, 0.3) is 5.91 Å². The van der Waals surface area contributed by atoms with E-state index in [4.69, 9.17) is 4.42 Å². The van der Waals surface area contributed by atoms with Crippen LogP contribution < -0.4 is 0 Å². The Balaban J connectivity index is 1.32. The smallest absolute Gasteiger partial charge is 0.289 e. The topological polar surface area (TPSA) is 36.7 Å². The van der Waals surface area contributed by atoms with E-state index in [9.17, 15) is 4.79 Å². The summed E-state index contributed by atoms with van der Waals surface area (Å²) >= 11 is 0. The molecule has 4 heteroatoms. The maximum atomic E-state index is 13.7. The van der Waals surface area contributed by atoms with Crippen LogP contribution in [0.2, 0.25) is 0 Å². The molecular weight excluding hydrogens is 480 g/mol. The first-order valence-electron chi connectivity index (χ1n) is 14.4. The van der Waals surface area contributed by atoms with Gasteiger partial charge < -0.3 is 9.32 Å². The van der Waals surface area contributed by atoms with E-state index in [1.807, 2.05) is 53.4 Å². The van der Waals surface area contributed by atoms with Gasteiger partial charge in [-0.2, -0.15) is 0 Å². The van der Waals surface area contributed by atoms with Crippen molar-refractivity contribution in [3.05, 3.63) is 131 Å². The zero-order valence-corrected chi connectivity index (χ0v) is 23.1. The zero-order chi connectivity index (χ0) is 26.9. The third kappa shape index (κ3) is 7.48. The molecule has 202 valence electrons. The fourth-order valence-electron chi connectivity index (χ4n) is 5.67. The number of carbonyl (C=O) groups excluding carboxylic acids is 1. The fraction of sp³-hybridized carbons (Fsp3) is 0.343. The van der Waals surface area contributed by atoms with E-state index in [0.29, 0.717) is 24.9 Å². The highest BCUT2D eigenvalue weighted by Gasteiger charge is 2.25. The first-order chi connectivity index (χ1) is 19.2. The van der Waals surface area contributed by atoms with Crippen LogP contribution in [0.5, 0.6) is 0 Å². The van der Waals surface area contributed by atoms with Crippen LogP contribution in [0.25, 0.3) is 0 Å². The molecule has 1 aromatic heterocycles. The maximum absolute atomic E-state index is 13.7. The molecule has 1 aliphatic rings. The number of rotatable bonds is 11. The van der Waals surface area contributed by atoms with E-state index in [1.54, 1.807) is 0 Å². The lowest BCUT2D eigenvalue weighted by Gasteiger charge is -2.34. The van der Waals surface area contributed by atoms with Gasteiger partial charge in [-0.25, -0.2) is 0 Å². The van der Waals surface area contributed by atoms with Crippen LogP contribution in [0.15, 0.2) is 101 Å². The van der Waals surface area contributed by atoms with E-state index < -0.39 is 0 Å². The molecule has 5 rings (SSSR count). The average Bonchev–Trinajstić information content (AvgIpc) is 3.46. The molecule has 1 fully saturated rings. The van der Waals surface area contributed by atoms with Crippen molar-refractivity contribution < 1.29 is 9.21 Å². The molecule has 0 aliphatic heterocycles. The molecule has 1 saturated carbocycles. The van der Waals surface area contributed by atoms with Crippen LogP contribution >= 0.6 is 0 Å². The van der Waals surface area contributed by atoms with Crippen LogP contribution in [0, 0.1) is 6.92 Å². The molecule has 0 N–H and O–H groups in total. The predicted molar refractivity (Wildman–Crippen MR) is 157 cm³/mol. The Morgan fingerprint density at radius 3 is 2.13 bits per heavy atom. The second-order valence-corrected chi connectivity index (χ2v) is 10.8. The molecule has 1 heterocycles. The largest absolute Gasteiger partial charge is 0.455 e. The maximum Gasteiger partial charge on any atom is 0.289 e. The number of furan rings is 1. The van der Waals surface area contributed by atoms with Gasteiger partial charge in [-0.15, -0.1) is 0 Å². The van der Waals surface area contributed by atoms with Crippen LogP contribution in [0.4, 0.5) is 0 Å². The minimum Gasteiger partial charge on any atom is -0.455 e. The molecule has 4 aromatic rings. The van der Waals surface area contributed by atoms with E-state index >= 15 is 0 Å². The molecule has 1 amide bonds. The summed E-state index contributed by atoms with van der Waals surface area (Å²) in [6.07, 6.45) is 7.15. The number of carbonyl (C=O) groups is 1. The molecule has 0 unspecified atom stereocenters. The summed E-state index contributed by atoms with van der Waals surface area (Å²) in [5.41, 5.74) is 5.03. The quantitative estimate of drug-likeness (QED) is 0.202. The molecule has 4 nitrogen and oxygen atoms in total. The highest BCUT2D eigenvalue weighted by molar-refractivity contribution is 5.91. The zero-order valence-electron chi connectivity index (χ0n) is 23.1. The van der Waals surface area contributed by atoms with Crippen molar-refractivity contribution in [2.45, 2.75) is 71.1 Å². The van der Waals surface area contributed by atoms with Gasteiger partial charge >= 0.3 is 0 Å². The number of aryl methyl sites for hydroxylation is 1. The molecule has 0 bridgehead atoms. The Morgan fingerprint density at radius 1 is 0.744 bits per heavy atom. The molecule has 3 aromatic carbocycles. The van der Waals surface area contributed by atoms with Gasteiger partial charge in [0.2, 0.25) is 0 Å². The van der Waals surface area contributed by atoms with E-state index in [1.165, 1.54) is 48.8 Å². The molecule has 0 atom stereocenters. The number of hydrogen-bond acceptors (Lipinski definition) is 3. The summed E-state index contributed by atoms with van der Waals surface area (Å²) in [5, 5.41) is 0. The molecule has 39 heavy (non-hydrogen) atoms. The minimum atomic E-state index is -0.0517. The first kappa shape index (κ1) is 27.0. The Labute approximate surface area is 233 Å². The highest BCUT2D eigenvalue weighted by Crippen LogP contribution is 2.27. The Morgan fingerprint density at radius 2 is 1.41 bits per heavy atom. The number of benzene rings is 3. The second kappa shape index (κ2) is 13.4. The fourth-order valence-corrected chi connectivity index (χ4v) is 5.67. The molecular formula is C35H40N2O2. The van der Waals surface area contributed by atoms with Gasteiger partial charge in [0.05, 0.1) is 6.54 Å². The number of hydrogen-bond donors (Lipinski definition) is 0. The summed E-state index contributed by atoms with van der Waals surface area (Å²) < 4.78 is 6.27. The lowest BCUT2D eigenvalue weighted by Crippen LogP contribution is -2.36. The lowest BCUT2D eigenvalue weighted by molar-refractivity contribution is 0.0705. The van der Waals surface area contributed by atoms with Crippen LogP contribution in [-0.4, -0.2) is 28.3 Å². The summed E-state index contributed by atoms with van der Waals surface area (Å²) in [4.78, 5) is 18.2. The van der Waals surface area contributed by atoms with Crippen molar-refractivity contribution in [2.24, 2.45) is 0 Å². The third-order valence-corrected chi connectivity index (χ3v) is 7.97. The minimum absolute atomic E-state index is 0.0517. The summed E-state index contributed by atoms with van der Waals surface area (Å²) in [6.45, 7) is 5.00. The van der Waals surface area contributed by atoms with E-state index in [-0.39, 0.29) is 5.91 Å². The van der Waals surface area contributed by atoms with Crippen LogP contribution in [0.1, 0.15) is 70.7 Å². The molecule has 1 aliphatic carbocycles. The summed E-state index contributed by atoms with van der Waals surface area (Å²) in [7, 11) is 0. The van der Waals surface area contributed by atoms with E-state index in [2.05, 4.69) is 60.4 Å². The van der Waals surface area contributed by atoms with Crippen molar-refractivity contribution >= 4 is 5.91 Å². The predicted octanol–water partition coefficient (Wildman–Crippen LogP) is 7.81. The van der Waals surface area contributed by atoms with Crippen molar-refractivity contribution in [3.8, 4) is 0 Å². The van der Waals surface area contributed by atoms with Gasteiger partial charge in [0, 0.05) is 25.7 Å². The molecule has 0 spiro atoms. The third-order valence-electron chi connectivity index (χ3n) is 7.97. The van der Waals surface area contributed by atoms with E-state index in [0.717, 1.165) is 30.8 Å². The summed E-state index contributed by atoms with van der Waals surface area (Å²) in [5.74, 6) is 1.23. The average molecular weight is 521 g/mol. The monoisotopic (exact) mass is 520 g/mol. The SMILES string of the molecule is Cc1ccccc1CN(Cc1ccc(C(=O)N(CCc2ccccc2)Cc2ccccc2)o1)C1CCCCC1. The number of nitrogens with zero attached hydrogens (tertiary/aromatic N) is 2. The van der Waals surface area contributed by atoms with Crippen molar-refractivity contribution in [2.75, 3.05) is 6.54 Å². The van der Waals surface area contributed by atoms with Gasteiger partial charge in [-0.3, -0.25) is 9.69 Å². The Kier molecular flexibility index (Phi) is 9.29. The van der Waals surface area contributed by atoms with Crippen LogP contribution in [0.3, 0.4) is 0 Å². The van der Waals surface area contributed by atoms with Crippen LogP contribution in [-0.2, 0) is 26.1 Å². The van der Waals surface area contributed by atoms with Gasteiger partial charge in [0.1, 0.15) is 5.76 Å². The lowest BCUT2D eigenvalue weighted by atomic mass is 9.93. The Hall–Kier alpha value is -3.63. The Bertz CT molecular complexity index is 1310. The van der Waals surface area contributed by atoms with Crippen molar-refractivity contribution in [1.29, 1.82) is 0 Å². The van der Waals surface area contributed by atoms with Crippen molar-refractivity contribution in [3.63, 3.8) is 0 Å². The standard InChI is InChI=1S/C35H40N2O2/c1-28-13-11-12-18-31(28)26-37(32-19-9-4-10-20-32)27-33-21-22-34(39-33)35(38)36(25-30-16-7-3-8-17-30)24-23-29-14-5-2-6-15-29/h2-3,5-8,11-18,21-22,32H,4,9-10,19-20,23-27H2,1H3. The van der Waals surface area contributed by atoms with Crippen molar-refractivity contribution in [1.82, 2.24) is 9.80 Å². The number of amides is 1. The first-order valence-corrected chi connectivity index (χ1v) is 14.4. The summed E-state index contributed by atoms with van der Waals surface area (Å²) in [6, 6.07) is 33.6. The highest BCUT2D eigenvalue weighted by atomic mass is 16.4. The molecule has 0 radical (unpaired) electrons. The van der Waals surface area contributed by atoms with Gasteiger partial charge in [-0.05, 0) is 60.6 Å². The second-order valence-electron chi connectivity index (χ2n) is 10.8.